The number of aliphatic hydroxyl groups excluding tert-OH is 1. The zero-order valence-corrected chi connectivity index (χ0v) is 11.0. The van der Waals surface area contributed by atoms with Gasteiger partial charge in [0, 0.05) is 6.20 Å². The van der Waals surface area contributed by atoms with E-state index < -0.39 is 6.10 Å². The number of rotatable bonds is 3. The lowest BCUT2D eigenvalue weighted by atomic mass is 10.1. The molecular formula is C15H12FN3O2. The molecule has 0 unspecified atom stereocenters. The SMILES string of the molecule is O=c1c2ccncc2ncn1C[C@H](O)c1ccc(F)cc1. The molecule has 0 amide bonds. The van der Waals surface area contributed by atoms with Gasteiger partial charge in [0.1, 0.15) is 5.82 Å². The maximum absolute atomic E-state index is 12.9. The second-order valence-corrected chi connectivity index (χ2v) is 4.66. The van der Waals surface area contributed by atoms with Crippen molar-refractivity contribution in [3.63, 3.8) is 0 Å². The molecule has 1 aromatic carbocycles. The van der Waals surface area contributed by atoms with Gasteiger partial charge in [-0.05, 0) is 23.8 Å². The van der Waals surface area contributed by atoms with Gasteiger partial charge in [0.05, 0.1) is 36.1 Å². The number of aromatic nitrogens is 3. The van der Waals surface area contributed by atoms with E-state index in [1.54, 1.807) is 6.07 Å². The lowest BCUT2D eigenvalue weighted by Crippen LogP contribution is -2.23. The Kier molecular flexibility index (Phi) is 3.45. The maximum atomic E-state index is 12.9. The number of benzene rings is 1. The van der Waals surface area contributed by atoms with Crippen LogP contribution in [-0.4, -0.2) is 19.6 Å². The van der Waals surface area contributed by atoms with Crippen molar-refractivity contribution in [2.75, 3.05) is 0 Å². The Labute approximate surface area is 119 Å². The standard InChI is InChI=1S/C15H12FN3O2/c16-11-3-1-10(2-4-11)14(20)8-19-9-18-13-7-17-6-5-12(13)15(19)21/h1-7,9,14,20H,8H2/t14-/m0/s1. The summed E-state index contributed by atoms with van der Waals surface area (Å²) in [4.78, 5) is 20.3. The summed E-state index contributed by atoms with van der Waals surface area (Å²) in [6.45, 7) is 0.0513. The average molecular weight is 285 g/mol. The van der Waals surface area contributed by atoms with E-state index in [2.05, 4.69) is 9.97 Å². The highest BCUT2D eigenvalue weighted by Crippen LogP contribution is 2.15. The van der Waals surface area contributed by atoms with Gasteiger partial charge in [-0.25, -0.2) is 9.37 Å². The first-order valence-electron chi connectivity index (χ1n) is 6.38. The van der Waals surface area contributed by atoms with Crippen molar-refractivity contribution in [3.8, 4) is 0 Å². The van der Waals surface area contributed by atoms with Crippen LogP contribution in [0.2, 0.25) is 0 Å². The highest BCUT2D eigenvalue weighted by atomic mass is 19.1. The smallest absolute Gasteiger partial charge is 0.261 e. The van der Waals surface area contributed by atoms with Gasteiger partial charge >= 0.3 is 0 Å². The van der Waals surface area contributed by atoms with Crippen LogP contribution in [0.15, 0.2) is 53.8 Å². The molecule has 0 bridgehead atoms. The Morgan fingerprint density at radius 3 is 2.76 bits per heavy atom. The molecule has 0 radical (unpaired) electrons. The molecule has 0 saturated carbocycles. The summed E-state index contributed by atoms with van der Waals surface area (Å²) in [6, 6.07) is 7.11. The predicted molar refractivity (Wildman–Crippen MR) is 75.2 cm³/mol. The summed E-state index contributed by atoms with van der Waals surface area (Å²) < 4.78 is 14.2. The Morgan fingerprint density at radius 1 is 1.24 bits per heavy atom. The van der Waals surface area contributed by atoms with Gasteiger partial charge < -0.3 is 5.11 Å². The average Bonchev–Trinajstić information content (AvgIpc) is 2.51. The van der Waals surface area contributed by atoms with Crippen LogP contribution in [0.1, 0.15) is 11.7 Å². The number of halogens is 1. The number of hydrogen-bond acceptors (Lipinski definition) is 4. The molecule has 1 atom stereocenters. The Hall–Kier alpha value is -2.60. The van der Waals surface area contributed by atoms with Gasteiger partial charge in [-0.15, -0.1) is 0 Å². The van der Waals surface area contributed by atoms with Crippen LogP contribution in [0, 0.1) is 5.82 Å². The van der Waals surface area contributed by atoms with Crippen molar-refractivity contribution in [1.82, 2.24) is 14.5 Å². The quantitative estimate of drug-likeness (QED) is 0.794. The van der Waals surface area contributed by atoms with E-state index in [-0.39, 0.29) is 17.9 Å². The Balaban J connectivity index is 1.93. The van der Waals surface area contributed by atoms with Gasteiger partial charge in [0.2, 0.25) is 0 Å². The molecule has 106 valence electrons. The molecule has 0 fully saturated rings. The molecule has 3 rings (SSSR count). The molecule has 0 aliphatic rings. The van der Waals surface area contributed by atoms with E-state index in [0.29, 0.717) is 16.5 Å². The van der Waals surface area contributed by atoms with E-state index in [0.717, 1.165) is 0 Å². The largest absolute Gasteiger partial charge is 0.387 e. The first-order valence-corrected chi connectivity index (χ1v) is 6.38. The normalized spacial score (nSPS) is 12.5. The van der Waals surface area contributed by atoms with Crippen molar-refractivity contribution >= 4 is 10.9 Å². The minimum Gasteiger partial charge on any atom is -0.387 e. The third-order valence-electron chi connectivity index (χ3n) is 3.25. The molecule has 1 N–H and O–H groups in total. The minimum atomic E-state index is -0.913. The molecular weight excluding hydrogens is 273 g/mol. The number of fused-ring (bicyclic) bond motifs is 1. The van der Waals surface area contributed by atoms with Crippen LogP contribution >= 0.6 is 0 Å². The zero-order valence-electron chi connectivity index (χ0n) is 11.0. The monoisotopic (exact) mass is 285 g/mol. The molecule has 3 aromatic rings. The van der Waals surface area contributed by atoms with Gasteiger partial charge in [-0.3, -0.25) is 14.3 Å². The summed E-state index contributed by atoms with van der Waals surface area (Å²) in [5.41, 5.74) is 0.803. The molecule has 2 aromatic heterocycles. The van der Waals surface area contributed by atoms with Crippen LogP contribution in [0.4, 0.5) is 4.39 Å². The van der Waals surface area contributed by atoms with Crippen molar-refractivity contribution in [1.29, 1.82) is 0 Å². The highest BCUT2D eigenvalue weighted by Gasteiger charge is 2.11. The number of nitrogens with zero attached hydrogens (tertiary/aromatic N) is 3. The van der Waals surface area contributed by atoms with Gasteiger partial charge in [-0.1, -0.05) is 12.1 Å². The van der Waals surface area contributed by atoms with E-state index in [1.807, 2.05) is 0 Å². The van der Waals surface area contributed by atoms with Crippen LogP contribution in [0.3, 0.4) is 0 Å². The first-order chi connectivity index (χ1) is 10.1. The summed E-state index contributed by atoms with van der Waals surface area (Å²) in [5, 5.41) is 10.6. The summed E-state index contributed by atoms with van der Waals surface area (Å²) in [6.07, 6.45) is 3.49. The fraction of sp³-hybridized carbons (Fsp3) is 0.133. The molecule has 21 heavy (non-hydrogen) atoms. The maximum Gasteiger partial charge on any atom is 0.261 e. The second-order valence-electron chi connectivity index (χ2n) is 4.66. The van der Waals surface area contributed by atoms with Crippen LogP contribution in [-0.2, 0) is 6.54 Å². The first kappa shape index (κ1) is 13.4. The van der Waals surface area contributed by atoms with Crippen molar-refractivity contribution in [2.24, 2.45) is 0 Å². The summed E-state index contributed by atoms with van der Waals surface area (Å²) in [7, 11) is 0. The molecule has 0 spiro atoms. The lowest BCUT2D eigenvalue weighted by Gasteiger charge is -2.13. The van der Waals surface area contributed by atoms with E-state index in [4.69, 9.17) is 0 Å². The molecule has 0 aliphatic carbocycles. The predicted octanol–water partition coefficient (Wildman–Crippen LogP) is 1.66. The Bertz CT molecular complexity index is 830. The van der Waals surface area contributed by atoms with Crippen LogP contribution in [0.5, 0.6) is 0 Å². The van der Waals surface area contributed by atoms with Crippen molar-refractivity contribution in [3.05, 3.63) is 70.8 Å². The summed E-state index contributed by atoms with van der Waals surface area (Å²) >= 11 is 0. The third-order valence-corrected chi connectivity index (χ3v) is 3.25. The molecule has 0 aliphatic heterocycles. The fourth-order valence-corrected chi connectivity index (χ4v) is 2.12. The number of aliphatic hydroxyl groups is 1. The zero-order chi connectivity index (χ0) is 14.8. The second kappa shape index (κ2) is 5.41. The van der Waals surface area contributed by atoms with E-state index >= 15 is 0 Å². The van der Waals surface area contributed by atoms with Crippen molar-refractivity contribution < 1.29 is 9.50 Å². The topological polar surface area (TPSA) is 68.0 Å². The van der Waals surface area contributed by atoms with E-state index in [9.17, 15) is 14.3 Å². The fourth-order valence-electron chi connectivity index (χ4n) is 2.12. The van der Waals surface area contributed by atoms with Gasteiger partial charge in [0.25, 0.3) is 5.56 Å². The molecule has 0 saturated heterocycles. The number of pyridine rings is 1. The molecule has 5 nitrogen and oxygen atoms in total. The van der Waals surface area contributed by atoms with Crippen molar-refractivity contribution in [2.45, 2.75) is 12.6 Å². The lowest BCUT2D eigenvalue weighted by molar-refractivity contribution is 0.155. The highest BCUT2D eigenvalue weighted by molar-refractivity contribution is 5.75. The third kappa shape index (κ3) is 2.66. The minimum absolute atomic E-state index is 0.0513. The molecule has 2 heterocycles. The van der Waals surface area contributed by atoms with Gasteiger partial charge in [-0.2, -0.15) is 0 Å². The van der Waals surface area contributed by atoms with Gasteiger partial charge in [0.15, 0.2) is 0 Å². The Morgan fingerprint density at radius 2 is 2.00 bits per heavy atom. The molecule has 6 heteroatoms. The van der Waals surface area contributed by atoms with E-state index in [1.165, 1.54) is 47.6 Å². The van der Waals surface area contributed by atoms with Crippen LogP contribution in [0.25, 0.3) is 10.9 Å². The summed E-state index contributed by atoms with van der Waals surface area (Å²) in [5.74, 6) is -0.372. The number of hydrogen-bond donors (Lipinski definition) is 1. The van der Waals surface area contributed by atoms with Crippen LogP contribution < -0.4 is 5.56 Å².